The number of carbonyl (C=O) groups is 2. The first-order chi connectivity index (χ1) is 15.2. The molecule has 0 N–H and O–H groups in total. The van der Waals surface area contributed by atoms with Crippen LogP contribution in [0.2, 0.25) is 0 Å². The number of hydrogen-bond acceptors (Lipinski definition) is 6. The molecule has 2 aliphatic heterocycles. The number of anilines is 1. The van der Waals surface area contributed by atoms with E-state index in [2.05, 4.69) is 44.5 Å². The maximum absolute atomic E-state index is 12.8. The predicted molar refractivity (Wildman–Crippen MR) is 122 cm³/mol. The minimum atomic E-state index is -0.00507. The van der Waals surface area contributed by atoms with Crippen LogP contribution in [0.25, 0.3) is 10.1 Å². The van der Waals surface area contributed by atoms with E-state index in [0.717, 1.165) is 57.8 Å². The fraction of sp³-hybridized carbons (Fsp3) is 0.542. The van der Waals surface area contributed by atoms with Crippen LogP contribution < -0.4 is 4.90 Å². The van der Waals surface area contributed by atoms with Gasteiger partial charge in [-0.2, -0.15) is 4.37 Å². The molecule has 2 saturated heterocycles. The third-order valence-corrected chi connectivity index (χ3v) is 8.68. The third kappa shape index (κ3) is 3.21. The van der Waals surface area contributed by atoms with Gasteiger partial charge in [0.15, 0.2) is 0 Å². The maximum atomic E-state index is 12.8. The summed E-state index contributed by atoms with van der Waals surface area (Å²) in [6.45, 7) is 5.22. The van der Waals surface area contributed by atoms with Crippen LogP contribution in [0.4, 0.5) is 5.82 Å². The van der Waals surface area contributed by atoms with Crippen LogP contribution >= 0.6 is 11.5 Å². The second-order valence-corrected chi connectivity index (χ2v) is 10.2. The number of rotatable bonds is 5. The van der Waals surface area contributed by atoms with Crippen LogP contribution in [-0.2, 0) is 9.59 Å². The lowest BCUT2D eigenvalue weighted by Crippen LogP contribution is -2.46. The van der Waals surface area contributed by atoms with Gasteiger partial charge in [-0.3, -0.25) is 19.4 Å². The van der Waals surface area contributed by atoms with Crippen molar-refractivity contribution in [3.05, 3.63) is 36.4 Å². The molecule has 2 aromatic rings. The molecule has 0 spiro atoms. The smallest absolute Gasteiger partial charge is 0.233 e. The largest absolute Gasteiger partial charge is 0.353 e. The highest BCUT2D eigenvalue weighted by Crippen LogP contribution is 2.56. The summed E-state index contributed by atoms with van der Waals surface area (Å²) < 4.78 is 5.92. The zero-order valence-corrected chi connectivity index (χ0v) is 18.5. The van der Waals surface area contributed by atoms with Gasteiger partial charge in [0.1, 0.15) is 5.82 Å². The molecular formula is C24H28N4O2S. The first kappa shape index (κ1) is 19.4. The first-order valence-electron chi connectivity index (χ1n) is 11.5. The summed E-state index contributed by atoms with van der Waals surface area (Å²) in [6.07, 6.45) is 7.50. The zero-order chi connectivity index (χ0) is 20.9. The highest BCUT2D eigenvalue weighted by molar-refractivity contribution is 7.13. The molecule has 2 aliphatic carbocycles. The van der Waals surface area contributed by atoms with Crippen molar-refractivity contribution in [2.24, 2.45) is 23.7 Å². The number of imide groups is 1. The average molecular weight is 437 g/mol. The van der Waals surface area contributed by atoms with E-state index in [4.69, 9.17) is 0 Å². The van der Waals surface area contributed by atoms with Crippen LogP contribution in [-0.4, -0.2) is 65.3 Å². The number of aromatic nitrogens is 1. The van der Waals surface area contributed by atoms with Gasteiger partial charge in [-0.25, -0.2) is 0 Å². The van der Waals surface area contributed by atoms with Crippen molar-refractivity contribution in [1.82, 2.24) is 14.2 Å². The summed E-state index contributed by atoms with van der Waals surface area (Å²) in [5.74, 6) is 2.22. The Labute approximate surface area is 186 Å². The van der Waals surface area contributed by atoms with Gasteiger partial charge >= 0.3 is 0 Å². The van der Waals surface area contributed by atoms with Gasteiger partial charge in [-0.1, -0.05) is 24.3 Å². The fourth-order valence-corrected chi connectivity index (χ4v) is 7.09. The lowest BCUT2D eigenvalue weighted by molar-refractivity contribution is -0.140. The molecule has 4 atom stereocenters. The summed E-state index contributed by atoms with van der Waals surface area (Å²) in [7, 11) is 0. The van der Waals surface area contributed by atoms with Crippen LogP contribution in [0.1, 0.15) is 19.3 Å². The topological polar surface area (TPSA) is 56.8 Å². The molecule has 2 saturated carbocycles. The van der Waals surface area contributed by atoms with Crippen molar-refractivity contribution in [2.75, 3.05) is 44.2 Å². The van der Waals surface area contributed by atoms with Crippen LogP contribution in [0.5, 0.6) is 0 Å². The first-order valence-corrected chi connectivity index (χ1v) is 12.3. The minimum absolute atomic E-state index is 0.00507. The second kappa shape index (κ2) is 7.71. The van der Waals surface area contributed by atoms with Crippen molar-refractivity contribution in [1.29, 1.82) is 0 Å². The van der Waals surface area contributed by atoms with E-state index in [1.165, 1.54) is 15.0 Å². The van der Waals surface area contributed by atoms with E-state index in [-0.39, 0.29) is 23.7 Å². The summed E-state index contributed by atoms with van der Waals surface area (Å²) in [6, 6.07) is 8.43. The third-order valence-electron chi connectivity index (χ3n) is 7.87. The maximum Gasteiger partial charge on any atom is 0.233 e. The number of hydrogen-bond donors (Lipinski definition) is 0. The molecule has 0 unspecified atom stereocenters. The number of carbonyl (C=O) groups excluding carboxylic acids is 2. The highest BCUT2D eigenvalue weighted by Gasteiger charge is 2.60. The normalized spacial score (nSPS) is 31.0. The number of likely N-dealkylation sites (tertiary alicyclic amines) is 1. The van der Waals surface area contributed by atoms with Gasteiger partial charge in [-0.15, -0.1) is 0 Å². The Kier molecular flexibility index (Phi) is 4.83. The number of piperazine rings is 1. The van der Waals surface area contributed by atoms with Crippen molar-refractivity contribution in [3.8, 4) is 0 Å². The van der Waals surface area contributed by atoms with E-state index in [1.54, 1.807) is 11.5 Å². The van der Waals surface area contributed by atoms with Crippen molar-refractivity contribution in [2.45, 2.75) is 19.3 Å². The summed E-state index contributed by atoms with van der Waals surface area (Å²) >= 11 is 1.57. The average Bonchev–Trinajstić information content (AvgIpc) is 3.56. The van der Waals surface area contributed by atoms with Gasteiger partial charge in [0.2, 0.25) is 11.8 Å². The molecule has 31 heavy (non-hydrogen) atoms. The molecule has 4 fully saturated rings. The number of benzene rings is 1. The second-order valence-electron chi connectivity index (χ2n) is 9.43. The molecule has 4 aliphatic rings. The van der Waals surface area contributed by atoms with E-state index < -0.39 is 0 Å². The summed E-state index contributed by atoms with van der Waals surface area (Å²) in [4.78, 5) is 31.9. The molecule has 6 rings (SSSR count). The molecule has 6 nitrogen and oxygen atoms in total. The van der Waals surface area contributed by atoms with Crippen LogP contribution in [0.3, 0.4) is 0 Å². The van der Waals surface area contributed by atoms with Gasteiger partial charge in [-0.05, 0) is 54.8 Å². The van der Waals surface area contributed by atoms with Crippen LogP contribution in [0.15, 0.2) is 36.4 Å². The molecule has 7 heteroatoms. The Hall–Kier alpha value is -2.25. The number of amides is 2. The Morgan fingerprint density at radius 1 is 0.935 bits per heavy atom. The van der Waals surface area contributed by atoms with Gasteiger partial charge < -0.3 is 4.90 Å². The quantitative estimate of drug-likeness (QED) is 0.533. The van der Waals surface area contributed by atoms with Crippen molar-refractivity contribution < 1.29 is 9.59 Å². The van der Waals surface area contributed by atoms with Gasteiger partial charge in [0, 0.05) is 44.7 Å². The monoisotopic (exact) mass is 436 g/mol. The molecule has 162 valence electrons. The predicted octanol–water partition coefficient (Wildman–Crippen LogP) is 3.01. The summed E-state index contributed by atoms with van der Waals surface area (Å²) in [5.41, 5.74) is 0. The lowest BCUT2D eigenvalue weighted by atomic mass is 9.81. The standard InChI is InChI=1S/C24H28N4O2S/c29-23-20-16-7-8-17(15-16)21(20)24(30)28(23)10-4-3-9-26-11-13-27(14-12-26)22-18-5-1-2-6-19(18)31-25-22/h1-6,16-17,20-21H,7-15H2/b4-3-/t16-,17+,20+,21-. The molecule has 1 aromatic carbocycles. The fourth-order valence-electron chi connectivity index (χ4n) is 6.30. The van der Waals surface area contributed by atoms with E-state index in [9.17, 15) is 9.59 Å². The van der Waals surface area contributed by atoms with Crippen molar-refractivity contribution in [3.63, 3.8) is 0 Å². The summed E-state index contributed by atoms with van der Waals surface area (Å²) in [5, 5.41) is 1.25. The van der Waals surface area contributed by atoms with E-state index in [1.807, 2.05) is 6.08 Å². The van der Waals surface area contributed by atoms with E-state index in [0.29, 0.717) is 18.4 Å². The Morgan fingerprint density at radius 3 is 2.35 bits per heavy atom. The molecule has 0 radical (unpaired) electrons. The Bertz CT molecular complexity index is 1010. The Balaban J connectivity index is 1.01. The Morgan fingerprint density at radius 2 is 1.61 bits per heavy atom. The highest BCUT2D eigenvalue weighted by atomic mass is 32.1. The SMILES string of the molecule is O=C1[C@@H]2[C@H]3CC[C@H](C3)[C@@H]2C(=O)N1C/C=C\CN1CCN(c2nsc3ccccc23)CC1. The lowest BCUT2D eigenvalue weighted by Gasteiger charge is -2.34. The number of fused-ring (bicyclic) bond motifs is 6. The minimum Gasteiger partial charge on any atom is -0.353 e. The number of nitrogens with zero attached hydrogens (tertiary/aromatic N) is 4. The van der Waals surface area contributed by atoms with Gasteiger partial charge in [0.25, 0.3) is 0 Å². The van der Waals surface area contributed by atoms with Gasteiger partial charge in [0.05, 0.1) is 16.5 Å². The van der Waals surface area contributed by atoms with E-state index >= 15 is 0 Å². The molecule has 2 bridgehead atoms. The molecule has 2 amide bonds. The molecular weight excluding hydrogens is 408 g/mol. The zero-order valence-electron chi connectivity index (χ0n) is 17.7. The van der Waals surface area contributed by atoms with Crippen molar-refractivity contribution >= 4 is 39.3 Å². The molecule has 1 aromatic heterocycles. The molecule has 3 heterocycles. The van der Waals surface area contributed by atoms with Crippen LogP contribution in [0, 0.1) is 23.7 Å².